The van der Waals surface area contributed by atoms with E-state index in [4.69, 9.17) is 9.47 Å². The van der Waals surface area contributed by atoms with Crippen LogP contribution in [0.25, 0.3) is 22.3 Å². The van der Waals surface area contributed by atoms with E-state index in [0.29, 0.717) is 17.3 Å². The number of hydrogen-bond donors (Lipinski definition) is 3. The maximum atomic E-state index is 12.5. The number of carbonyl (C=O) groups is 1. The van der Waals surface area contributed by atoms with Crippen molar-refractivity contribution in [2.45, 2.75) is 0 Å². The summed E-state index contributed by atoms with van der Waals surface area (Å²) in [5, 5.41) is 17.1. The highest BCUT2D eigenvalue weighted by atomic mass is 16.5. The smallest absolute Gasteiger partial charge is 0.279 e. The second kappa shape index (κ2) is 6.79. The first-order valence-corrected chi connectivity index (χ1v) is 8.09. The van der Waals surface area contributed by atoms with E-state index in [9.17, 15) is 4.79 Å². The van der Waals surface area contributed by atoms with Crippen molar-refractivity contribution in [1.82, 2.24) is 25.4 Å². The number of ether oxygens (including phenoxy) is 2. The van der Waals surface area contributed by atoms with E-state index in [1.54, 1.807) is 26.4 Å². The summed E-state index contributed by atoms with van der Waals surface area (Å²) >= 11 is 0. The lowest BCUT2D eigenvalue weighted by atomic mass is 10.2. The highest BCUT2D eigenvalue weighted by molar-refractivity contribution is 6.10. The van der Waals surface area contributed by atoms with Crippen LogP contribution in [0.3, 0.4) is 0 Å². The monoisotopic (exact) mass is 364 g/mol. The Balaban J connectivity index is 1.57. The number of fused-ring (bicyclic) bond motifs is 1. The van der Waals surface area contributed by atoms with Crippen molar-refractivity contribution in [2.24, 2.45) is 0 Å². The van der Waals surface area contributed by atoms with Crippen molar-refractivity contribution in [3.05, 3.63) is 48.2 Å². The normalized spacial score (nSPS) is 10.7. The molecule has 2 aromatic carbocycles. The number of rotatable bonds is 5. The zero-order chi connectivity index (χ0) is 18.8. The molecule has 27 heavy (non-hydrogen) atoms. The van der Waals surface area contributed by atoms with E-state index in [2.05, 4.69) is 30.7 Å². The van der Waals surface area contributed by atoms with Gasteiger partial charge in [-0.15, -0.1) is 5.10 Å². The molecular weight excluding hydrogens is 348 g/mol. The van der Waals surface area contributed by atoms with Gasteiger partial charge in [0.1, 0.15) is 0 Å². The van der Waals surface area contributed by atoms with Gasteiger partial charge < -0.3 is 9.47 Å². The molecule has 0 spiro atoms. The number of nitrogens with one attached hydrogen (secondary N) is 3. The number of nitrogens with zero attached hydrogens (tertiary/aromatic N) is 3. The lowest BCUT2D eigenvalue weighted by molar-refractivity contribution is 0.102. The van der Waals surface area contributed by atoms with Gasteiger partial charge in [0.25, 0.3) is 5.91 Å². The van der Waals surface area contributed by atoms with Crippen LogP contribution in [-0.4, -0.2) is 45.5 Å². The van der Waals surface area contributed by atoms with Gasteiger partial charge in [-0.05, 0) is 24.3 Å². The van der Waals surface area contributed by atoms with Crippen LogP contribution in [-0.2, 0) is 0 Å². The lowest BCUT2D eigenvalue weighted by Gasteiger charge is -2.07. The van der Waals surface area contributed by atoms with Crippen LogP contribution in [0.5, 0.6) is 11.5 Å². The number of para-hydroxylation sites is 1. The van der Waals surface area contributed by atoms with Crippen LogP contribution in [0.1, 0.15) is 10.5 Å². The molecule has 1 amide bonds. The van der Waals surface area contributed by atoms with Crippen molar-refractivity contribution in [3.8, 4) is 22.9 Å². The highest BCUT2D eigenvalue weighted by Gasteiger charge is 2.16. The molecule has 3 N–H and O–H groups in total. The summed E-state index contributed by atoms with van der Waals surface area (Å²) in [5.41, 5.74) is 1.80. The minimum Gasteiger partial charge on any atom is -0.493 e. The molecule has 0 atom stereocenters. The van der Waals surface area contributed by atoms with Gasteiger partial charge in [0.2, 0.25) is 5.95 Å². The fourth-order valence-electron chi connectivity index (χ4n) is 2.73. The Bertz CT molecular complexity index is 1120. The number of aromatic nitrogens is 5. The molecule has 2 heterocycles. The van der Waals surface area contributed by atoms with Crippen LogP contribution in [0.4, 0.5) is 5.95 Å². The van der Waals surface area contributed by atoms with Gasteiger partial charge in [0, 0.05) is 10.9 Å². The third-order valence-corrected chi connectivity index (χ3v) is 4.05. The minimum atomic E-state index is -0.398. The second-order valence-corrected chi connectivity index (χ2v) is 5.65. The van der Waals surface area contributed by atoms with Crippen molar-refractivity contribution in [1.29, 1.82) is 0 Å². The van der Waals surface area contributed by atoms with E-state index < -0.39 is 5.91 Å². The predicted octanol–water partition coefficient (Wildman–Crippen LogP) is 2.62. The van der Waals surface area contributed by atoms with Gasteiger partial charge in [-0.25, -0.2) is 0 Å². The zero-order valence-electron chi connectivity index (χ0n) is 14.6. The maximum absolute atomic E-state index is 12.5. The molecule has 0 radical (unpaired) electrons. The summed E-state index contributed by atoms with van der Waals surface area (Å²) in [5.74, 6) is 1.42. The van der Waals surface area contributed by atoms with E-state index in [1.165, 1.54) is 0 Å². The van der Waals surface area contributed by atoms with Crippen LogP contribution in [0.15, 0.2) is 42.5 Å². The Morgan fingerprint density at radius 3 is 2.63 bits per heavy atom. The van der Waals surface area contributed by atoms with Crippen LogP contribution in [0, 0.1) is 0 Å². The third kappa shape index (κ3) is 3.06. The molecule has 4 rings (SSSR count). The first-order valence-electron chi connectivity index (χ1n) is 8.09. The second-order valence-electron chi connectivity index (χ2n) is 5.65. The largest absolute Gasteiger partial charge is 0.493 e. The average molecular weight is 364 g/mol. The highest BCUT2D eigenvalue weighted by Crippen LogP contribution is 2.31. The summed E-state index contributed by atoms with van der Waals surface area (Å²) in [7, 11) is 3.13. The molecule has 0 fully saturated rings. The molecule has 9 nitrogen and oxygen atoms in total. The van der Waals surface area contributed by atoms with Crippen molar-refractivity contribution >= 4 is 22.8 Å². The average Bonchev–Trinajstić information content (AvgIpc) is 3.34. The van der Waals surface area contributed by atoms with Gasteiger partial charge in [0.15, 0.2) is 23.0 Å². The number of amides is 1. The molecule has 2 aromatic heterocycles. The standard InChI is InChI=1S/C18H16N6O3/c1-26-13-8-7-10(9-14(13)27-2)16-19-18(24-23-16)20-17(25)15-11-5-3-4-6-12(11)21-22-15/h3-9H,1-2H3,(H,21,22)(H2,19,20,23,24,25). The van der Waals surface area contributed by atoms with Crippen molar-refractivity contribution in [2.75, 3.05) is 19.5 Å². The fourth-order valence-corrected chi connectivity index (χ4v) is 2.73. The Kier molecular flexibility index (Phi) is 4.17. The Morgan fingerprint density at radius 2 is 1.81 bits per heavy atom. The van der Waals surface area contributed by atoms with Crippen LogP contribution in [0.2, 0.25) is 0 Å². The van der Waals surface area contributed by atoms with Gasteiger partial charge in [-0.1, -0.05) is 18.2 Å². The number of benzene rings is 2. The summed E-state index contributed by atoms with van der Waals surface area (Å²) in [6.07, 6.45) is 0. The van der Waals surface area contributed by atoms with Gasteiger partial charge in [0.05, 0.1) is 19.7 Å². The molecule has 0 unspecified atom stereocenters. The fraction of sp³-hybridized carbons (Fsp3) is 0.111. The summed E-state index contributed by atoms with van der Waals surface area (Å²) < 4.78 is 10.5. The Hall–Kier alpha value is -3.88. The van der Waals surface area contributed by atoms with E-state index in [1.807, 2.05) is 30.3 Å². The molecule has 0 aliphatic heterocycles. The number of anilines is 1. The molecule has 0 aliphatic carbocycles. The number of H-pyrrole nitrogens is 2. The Morgan fingerprint density at radius 1 is 1.00 bits per heavy atom. The van der Waals surface area contributed by atoms with Crippen molar-refractivity contribution in [3.63, 3.8) is 0 Å². The van der Waals surface area contributed by atoms with Gasteiger partial charge in [-0.3, -0.25) is 20.3 Å². The van der Waals surface area contributed by atoms with Crippen molar-refractivity contribution < 1.29 is 14.3 Å². The summed E-state index contributed by atoms with van der Waals surface area (Å²) in [6.45, 7) is 0. The van der Waals surface area contributed by atoms with E-state index >= 15 is 0 Å². The zero-order valence-corrected chi connectivity index (χ0v) is 14.6. The summed E-state index contributed by atoms with van der Waals surface area (Å²) in [4.78, 5) is 16.8. The topological polar surface area (TPSA) is 118 Å². The van der Waals surface area contributed by atoms with E-state index in [-0.39, 0.29) is 11.6 Å². The number of hydrogen-bond acceptors (Lipinski definition) is 6. The minimum absolute atomic E-state index is 0.150. The molecule has 0 saturated carbocycles. The number of methoxy groups -OCH3 is 2. The molecular formula is C18H16N6O3. The molecule has 0 aliphatic rings. The predicted molar refractivity (Wildman–Crippen MR) is 99.0 cm³/mol. The lowest BCUT2D eigenvalue weighted by Crippen LogP contribution is -2.13. The Labute approximate surface area is 153 Å². The SMILES string of the molecule is COc1ccc(-c2nc(NC(=O)c3n[nH]c4ccccc34)n[nH]2)cc1OC. The quantitative estimate of drug-likeness (QED) is 0.501. The molecule has 9 heteroatoms. The number of carbonyl (C=O) groups excluding carboxylic acids is 1. The summed E-state index contributed by atoms with van der Waals surface area (Å²) in [6, 6.07) is 12.7. The first-order chi connectivity index (χ1) is 13.2. The molecule has 0 saturated heterocycles. The first kappa shape index (κ1) is 16.6. The molecule has 0 bridgehead atoms. The third-order valence-electron chi connectivity index (χ3n) is 4.05. The van der Waals surface area contributed by atoms with Crippen LogP contribution < -0.4 is 14.8 Å². The van der Waals surface area contributed by atoms with E-state index in [0.717, 1.165) is 16.5 Å². The maximum Gasteiger partial charge on any atom is 0.279 e. The van der Waals surface area contributed by atoms with Crippen LogP contribution >= 0.6 is 0 Å². The number of aromatic amines is 2. The van der Waals surface area contributed by atoms with Gasteiger partial charge >= 0.3 is 0 Å². The molecule has 136 valence electrons. The van der Waals surface area contributed by atoms with Gasteiger partial charge in [-0.2, -0.15) is 10.1 Å². The molecule has 4 aromatic rings.